The Hall–Kier alpha value is -2.03. The van der Waals surface area contributed by atoms with Crippen molar-refractivity contribution >= 4 is 23.1 Å². The van der Waals surface area contributed by atoms with Gasteiger partial charge < -0.3 is 30.4 Å². The maximum Gasteiger partial charge on any atom is 0.145 e. The fourth-order valence-electron chi connectivity index (χ4n) is 4.22. The van der Waals surface area contributed by atoms with Gasteiger partial charge in [-0.1, -0.05) is 0 Å². The normalized spacial score (nSPS) is 23.5. The Morgan fingerprint density at radius 3 is 2.72 bits per heavy atom. The number of aldehydes is 1. The maximum atomic E-state index is 10.8. The molecule has 1 aliphatic carbocycles. The van der Waals surface area contributed by atoms with Crippen molar-refractivity contribution in [2.24, 2.45) is 11.8 Å². The molecule has 2 aliphatic rings. The summed E-state index contributed by atoms with van der Waals surface area (Å²) in [5, 5.41) is 17.7. The van der Waals surface area contributed by atoms with E-state index in [0.717, 1.165) is 55.4 Å². The second kappa shape index (κ2) is 12.5. The van der Waals surface area contributed by atoms with E-state index in [0.29, 0.717) is 6.04 Å². The van der Waals surface area contributed by atoms with Gasteiger partial charge >= 0.3 is 0 Å². The minimum absolute atomic E-state index is 0.207. The first-order valence-electron chi connectivity index (χ1n) is 10.5. The number of hydrogen-bond donors (Lipinski definition) is 4. The lowest BCUT2D eigenvalue weighted by Gasteiger charge is -2.21. The van der Waals surface area contributed by atoms with Crippen molar-refractivity contribution in [2.75, 3.05) is 46.2 Å². The van der Waals surface area contributed by atoms with Gasteiger partial charge in [-0.25, -0.2) is 9.97 Å². The summed E-state index contributed by atoms with van der Waals surface area (Å²) in [6.07, 6.45) is 10.4. The Bertz CT molecular complexity index is 726. The molecule has 2 fully saturated rings. The number of aromatic nitrogens is 3. The Labute approximate surface area is 173 Å². The van der Waals surface area contributed by atoms with Crippen LogP contribution in [-0.4, -0.2) is 66.8 Å². The molecule has 1 saturated carbocycles. The number of hydrogen-bond acceptors (Lipinski definition) is 7. The summed E-state index contributed by atoms with van der Waals surface area (Å²) >= 11 is 0. The lowest BCUT2D eigenvalue weighted by Crippen LogP contribution is -2.34. The van der Waals surface area contributed by atoms with Gasteiger partial charge in [-0.15, -0.1) is 0 Å². The summed E-state index contributed by atoms with van der Waals surface area (Å²) < 4.78 is 2.18. The third kappa shape index (κ3) is 6.22. The molecule has 4 rings (SSSR count). The third-order valence-corrected chi connectivity index (χ3v) is 5.67. The van der Waals surface area contributed by atoms with E-state index in [-0.39, 0.29) is 5.92 Å². The van der Waals surface area contributed by atoms with Crippen LogP contribution >= 0.6 is 0 Å². The molecule has 162 valence electrons. The fraction of sp³-hybridized carbons (Fsp3) is 0.667. The van der Waals surface area contributed by atoms with Crippen LogP contribution in [0.25, 0.3) is 11.0 Å². The molecule has 8 nitrogen and oxygen atoms in total. The smallest absolute Gasteiger partial charge is 0.145 e. The van der Waals surface area contributed by atoms with E-state index in [2.05, 4.69) is 36.7 Å². The first-order valence-corrected chi connectivity index (χ1v) is 10.5. The van der Waals surface area contributed by atoms with Crippen molar-refractivity contribution in [3.8, 4) is 0 Å². The number of nitrogens with zero attached hydrogens (tertiary/aromatic N) is 3. The molecular formula is C21H36N6O2. The van der Waals surface area contributed by atoms with Crippen molar-refractivity contribution < 1.29 is 9.90 Å². The van der Waals surface area contributed by atoms with Gasteiger partial charge in [-0.05, 0) is 70.8 Å². The molecule has 0 radical (unpaired) electrons. The Morgan fingerprint density at radius 1 is 1.28 bits per heavy atom. The highest BCUT2D eigenvalue weighted by molar-refractivity contribution is 5.87. The van der Waals surface area contributed by atoms with Crippen LogP contribution in [0.2, 0.25) is 0 Å². The summed E-state index contributed by atoms with van der Waals surface area (Å²) in [5.74, 6) is 1.94. The number of aliphatic hydroxyl groups excluding tert-OH is 1. The zero-order valence-electron chi connectivity index (χ0n) is 17.9. The van der Waals surface area contributed by atoms with E-state index < -0.39 is 0 Å². The average molecular weight is 405 g/mol. The van der Waals surface area contributed by atoms with Crippen molar-refractivity contribution in [2.45, 2.75) is 38.1 Å². The summed E-state index contributed by atoms with van der Waals surface area (Å²) in [6.45, 7) is 3.61. The summed E-state index contributed by atoms with van der Waals surface area (Å²) in [5.41, 5.74) is 0.950. The highest BCUT2D eigenvalue weighted by Gasteiger charge is 2.26. The van der Waals surface area contributed by atoms with E-state index in [1.54, 1.807) is 6.33 Å². The molecule has 2 aromatic heterocycles. The monoisotopic (exact) mass is 404 g/mol. The Morgan fingerprint density at radius 2 is 2.10 bits per heavy atom. The third-order valence-electron chi connectivity index (χ3n) is 5.67. The minimum atomic E-state index is 0.207. The van der Waals surface area contributed by atoms with Crippen LogP contribution in [0.3, 0.4) is 0 Å². The Balaban J connectivity index is 0.000000231. The molecule has 1 saturated heterocycles. The first kappa shape index (κ1) is 23.3. The topological polar surface area (TPSA) is 104 Å². The largest absolute Gasteiger partial charge is 0.400 e. The molecule has 0 aromatic carbocycles. The number of anilines is 1. The number of rotatable bonds is 5. The second-order valence-electron chi connectivity index (χ2n) is 7.57. The average Bonchev–Trinajstić information content (AvgIpc) is 3.43. The zero-order chi connectivity index (χ0) is 21.1. The molecule has 0 spiro atoms. The fourth-order valence-corrected chi connectivity index (χ4v) is 4.22. The molecule has 0 bridgehead atoms. The first-order chi connectivity index (χ1) is 14.3. The highest BCUT2D eigenvalue weighted by atomic mass is 16.2. The molecule has 4 N–H and O–H groups in total. The summed E-state index contributed by atoms with van der Waals surface area (Å²) in [7, 11) is 4.88. The van der Waals surface area contributed by atoms with Gasteiger partial charge in [0, 0.05) is 32.3 Å². The molecule has 3 unspecified atom stereocenters. The van der Waals surface area contributed by atoms with Gasteiger partial charge in [0.15, 0.2) is 0 Å². The van der Waals surface area contributed by atoms with E-state index in [1.165, 1.54) is 32.5 Å². The van der Waals surface area contributed by atoms with Crippen molar-refractivity contribution in [1.29, 1.82) is 0 Å². The van der Waals surface area contributed by atoms with E-state index in [4.69, 9.17) is 5.11 Å². The predicted molar refractivity (Wildman–Crippen MR) is 117 cm³/mol. The SMILES string of the molecule is CNCC1CCCNC1.CNc1ncnc2c1ccn2C1CCC(C=O)C1.CO. The van der Waals surface area contributed by atoms with Gasteiger partial charge in [0.1, 0.15) is 24.1 Å². The van der Waals surface area contributed by atoms with Gasteiger partial charge in [0.25, 0.3) is 0 Å². The van der Waals surface area contributed by atoms with Crippen LogP contribution in [0.1, 0.15) is 38.1 Å². The zero-order valence-corrected chi connectivity index (χ0v) is 17.9. The standard InChI is InChI=1S/C13H16N4O.C7H16N2.CH4O/c1-14-12-11-4-5-17(13(11)16-8-15-12)10-3-2-9(6-10)7-18;1-8-5-7-3-2-4-9-6-7;1-2/h4-5,7-10H,2-3,6H2,1H3,(H,14,15,16);7-9H,2-6H2,1H3;2H,1H3. The Kier molecular flexibility index (Phi) is 10.0. The lowest BCUT2D eigenvalue weighted by atomic mass is 10.00. The lowest BCUT2D eigenvalue weighted by molar-refractivity contribution is -0.110. The number of nitrogens with one attached hydrogen (secondary N) is 3. The number of carbonyl (C=O) groups excluding carboxylic acids is 1. The van der Waals surface area contributed by atoms with Crippen LogP contribution in [0.4, 0.5) is 5.82 Å². The number of aliphatic hydroxyl groups is 1. The van der Waals surface area contributed by atoms with Crippen LogP contribution in [0, 0.1) is 11.8 Å². The summed E-state index contributed by atoms with van der Waals surface area (Å²) in [4.78, 5) is 19.4. The van der Waals surface area contributed by atoms with Crippen LogP contribution in [-0.2, 0) is 4.79 Å². The van der Waals surface area contributed by atoms with E-state index >= 15 is 0 Å². The molecule has 3 atom stereocenters. The molecule has 0 amide bonds. The summed E-state index contributed by atoms with van der Waals surface area (Å²) in [6, 6.07) is 2.42. The van der Waals surface area contributed by atoms with Crippen molar-refractivity contribution in [3.63, 3.8) is 0 Å². The second-order valence-corrected chi connectivity index (χ2v) is 7.57. The quantitative estimate of drug-likeness (QED) is 0.564. The maximum absolute atomic E-state index is 10.8. The van der Waals surface area contributed by atoms with E-state index in [9.17, 15) is 4.79 Å². The predicted octanol–water partition coefficient (Wildman–Crippen LogP) is 1.83. The molecule has 8 heteroatoms. The van der Waals surface area contributed by atoms with Crippen LogP contribution < -0.4 is 16.0 Å². The molecule has 2 aromatic rings. The molecule has 1 aliphatic heterocycles. The number of fused-ring (bicyclic) bond motifs is 1. The molecular weight excluding hydrogens is 368 g/mol. The van der Waals surface area contributed by atoms with Gasteiger partial charge in [-0.2, -0.15) is 0 Å². The van der Waals surface area contributed by atoms with E-state index in [1.807, 2.05) is 20.2 Å². The minimum Gasteiger partial charge on any atom is -0.400 e. The highest BCUT2D eigenvalue weighted by Crippen LogP contribution is 2.36. The van der Waals surface area contributed by atoms with Crippen LogP contribution in [0.15, 0.2) is 18.6 Å². The van der Waals surface area contributed by atoms with Gasteiger partial charge in [-0.3, -0.25) is 0 Å². The number of carbonyl (C=O) groups is 1. The van der Waals surface area contributed by atoms with Crippen molar-refractivity contribution in [1.82, 2.24) is 25.2 Å². The van der Waals surface area contributed by atoms with Crippen LogP contribution in [0.5, 0.6) is 0 Å². The van der Waals surface area contributed by atoms with Gasteiger partial charge in [0.05, 0.1) is 5.39 Å². The van der Waals surface area contributed by atoms with Gasteiger partial charge in [0.2, 0.25) is 0 Å². The number of piperidine rings is 1. The molecule has 3 heterocycles. The molecule has 29 heavy (non-hydrogen) atoms. The van der Waals surface area contributed by atoms with Crippen molar-refractivity contribution in [3.05, 3.63) is 18.6 Å².